The van der Waals surface area contributed by atoms with E-state index in [1.165, 1.54) is 12.7 Å². The molecular formula is C34H49N8O11P. The highest BCUT2D eigenvalue weighted by Crippen LogP contribution is 2.48. The van der Waals surface area contributed by atoms with Crippen LogP contribution in [0.5, 0.6) is 0 Å². The largest absolute Gasteiger partial charge is 0.445 e. The van der Waals surface area contributed by atoms with Crippen molar-refractivity contribution in [2.45, 2.75) is 103 Å². The van der Waals surface area contributed by atoms with Gasteiger partial charge < -0.3 is 40.1 Å². The summed E-state index contributed by atoms with van der Waals surface area (Å²) in [4.78, 5) is 49.6. The highest BCUT2D eigenvalue weighted by Gasteiger charge is 2.56. The van der Waals surface area contributed by atoms with E-state index in [9.17, 15) is 18.9 Å². The molecule has 5 N–H and O–H groups in total. The number of aromatic nitrogens is 4. The molecule has 2 saturated heterocycles. The molecule has 1 aromatic carbocycles. The lowest BCUT2D eigenvalue weighted by Crippen LogP contribution is -2.39. The number of hydrogen-bond acceptors (Lipinski definition) is 15. The zero-order valence-corrected chi connectivity index (χ0v) is 31.9. The minimum atomic E-state index is -4.33. The molecule has 5 rings (SSSR count). The number of anilines is 1. The summed E-state index contributed by atoms with van der Waals surface area (Å²) in [6.45, 7) is 8.24. The van der Waals surface area contributed by atoms with Crippen LogP contribution in [-0.2, 0) is 48.7 Å². The number of alkyl carbamates (subject to hydrolysis) is 2. The Morgan fingerprint density at radius 3 is 2.46 bits per heavy atom. The Balaban J connectivity index is 1.15. The molecule has 54 heavy (non-hydrogen) atoms. The normalized spacial score (nSPS) is 21.6. The zero-order chi connectivity index (χ0) is 38.9. The number of hydrogen-bond donors (Lipinski definition) is 4. The molecular weight excluding hydrogens is 727 g/mol. The first-order chi connectivity index (χ1) is 25.6. The van der Waals surface area contributed by atoms with E-state index in [1.807, 2.05) is 30.3 Å². The third-order valence-electron chi connectivity index (χ3n) is 8.06. The molecule has 0 bridgehead atoms. The van der Waals surface area contributed by atoms with Crippen LogP contribution < -0.4 is 21.5 Å². The molecule has 5 atom stereocenters. The number of amides is 3. The lowest BCUT2D eigenvalue weighted by atomic mass is 10.1. The standard InChI is InChI=1S/C34H49N8O11P/c1-33(2,3)53-32(45)37-17-24(43)41-54(46,48-16-12-7-6-11-15-36-31(44)47-18-22-13-9-8-10-14-22)49-19-23-26-27(52-34(4,5)51-26)30(50-23)42-21-40-25-28(35)38-20-39-29(25)42/h8-10,13-14,20-21,23,26-27,30H,6-7,11-12,15-19H2,1-5H3,(H,36,44)(H,37,45)(H2,35,38,39)(H,41,43,46)/t23-,26-,27-,30-,54?/m1/s1. The smallest absolute Gasteiger partial charge is 0.435 e. The maximum Gasteiger partial charge on any atom is 0.435 e. The number of unbranched alkanes of at least 4 members (excludes halogenated alkanes) is 3. The number of nitrogens with zero attached hydrogens (tertiary/aromatic N) is 4. The molecule has 3 aromatic rings. The number of fused-ring (bicyclic) bond motifs is 2. The van der Waals surface area contributed by atoms with Crippen molar-refractivity contribution in [1.82, 2.24) is 35.2 Å². The highest BCUT2D eigenvalue weighted by molar-refractivity contribution is 7.52. The first-order valence-corrected chi connectivity index (χ1v) is 19.2. The van der Waals surface area contributed by atoms with Crippen LogP contribution in [0.1, 0.15) is 72.1 Å². The Hall–Kier alpha value is -4.39. The van der Waals surface area contributed by atoms with Crippen molar-refractivity contribution in [3.05, 3.63) is 48.5 Å². The fourth-order valence-corrected chi connectivity index (χ4v) is 7.04. The van der Waals surface area contributed by atoms with Gasteiger partial charge in [-0.15, -0.1) is 0 Å². The Morgan fingerprint density at radius 1 is 0.963 bits per heavy atom. The molecule has 1 unspecified atom stereocenters. The van der Waals surface area contributed by atoms with E-state index >= 15 is 0 Å². The molecule has 2 aliphatic heterocycles. The predicted octanol–water partition coefficient (Wildman–Crippen LogP) is 4.10. The van der Waals surface area contributed by atoms with Gasteiger partial charge >= 0.3 is 19.9 Å². The molecule has 0 saturated carbocycles. The number of rotatable bonds is 17. The average Bonchev–Trinajstić information content (AvgIpc) is 3.77. The molecule has 2 fully saturated rings. The summed E-state index contributed by atoms with van der Waals surface area (Å²) in [6, 6.07) is 9.37. The Labute approximate surface area is 312 Å². The van der Waals surface area contributed by atoms with Crippen LogP contribution in [0, 0.1) is 0 Å². The summed E-state index contributed by atoms with van der Waals surface area (Å²) < 4.78 is 56.2. The second-order valence-electron chi connectivity index (χ2n) is 14.1. The Morgan fingerprint density at radius 2 is 1.70 bits per heavy atom. The van der Waals surface area contributed by atoms with Crippen LogP contribution in [0.2, 0.25) is 0 Å². The van der Waals surface area contributed by atoms with Crippen LogP contribution in [0.25, 0.3) is 11.2 Å². The zero-order valence-electron chi connectivity index (χ0n) is 31.0. The number of imidazole rings is 1. The lowest BCUT2D eigenvalue weighted by molar-refractivity contribution is -0.199. The maximum absolute atomic E-state index is 14.0. The number of carbonyl (C=O) groups is 3. The summed E-state index contributed by atoms with van der Waals surface area (Å²) in [7, 11) is -4.33. The first kappa shape index (κ1) is 40.8. The van der Waals surface area contributed by atoms with Gasteiger partial charge in [-0.2, -0.15) is 0 Å². The Kier molecular flexibility index (Phi) is 13.5. The van der Waals surface area contributed by atoms with E-state index in [0.717, 1.165) is 12.0 Å². The first-order valence-electron chi connectivity index (χ1n) is 17.7. The number of nitrogen functional groups attached to an aromatic ring is 1. The molecule has 296 valence electrons. The lowest BCUT2D eigenvalue weighted by Gasteiger charge is -2.26. The number of nitrogens with one attached hydrogen (secondary N) is 3. The number of nitrogens with two attached hydrogens (primary N) is 1. The predicted molar refractivity (Wildman–Crippen MR) is 192 cm³/mol. The molecule has 0 spiro atoms. The van der Waals surface area contributed by atoms with Gasteiger partial charge in [0, 0.05) is 6.54 Å². The Bertz CT molecular complexity index is 1790. The van der Waals surface area contributed by atoms with E-state index in [4.69, 9.17) is 38.5 Å². The number of carbonyl (C=O) groups excluding carboxylic acids is 3. The van der Waals surface area contributed by atoms with E-state index < -0.39 is 68.3 Å². The van der Waals surface area contributed by atoms with Gasteiger partial charge in [0.25, 0.3) is 0 Å². The summed E-state index contributed by atoms with van der Waals surface area (Å²) in [5.74, 6) is -1.62. The van der Waals surface area contributed by atoms with E-state index in [1.54, 1.807) is 39.2 Å². The number of ether oxygens (including phenoxy) is 5. The summed E-state index contributed by atoms with van der Waals surface area (Å²) in [5, 5.41) is 7.34. The highest BCUT2D eigenvalue weighted by atomic mass is 31.2. The van der Waals surface area contributed by atoms with Crippen molar-refractivity contribution < 1.29 is 51.7 Å². The minimum Gasteiger partial charge on any atom is -0.445 e. The van der Waals surface area contributed by atoms with Crippen LogP contribution in [0.4, 0.5) is 15.4 Å². The third kappa shape index (κ3) is 11.6. The average molecular weight is 777 g/mol. The van der Waals surface area contributed by atoms with Gasteiger partial charge in [0.05, 0.1) is 19.5 Å². The fourth-order valence-electron chi connectivity index (χ4n) is 5.74. The van der Waals surface area contributed by atoms with E-state index in [0.29, 0.717) is 37.0 Å². The van der Waals surface area contributed by atoms with Crippen molar-refractivity contribution in [2.24, 2.45) is 0 Å². The van der Waals surface area contributed by atoms with Crippen molar-refractivity contribution >= 4 is 42.8 Å². The van der Waals surface area contributed by atoms with Crippen molar-refractivity contribution in [3.63, 3.8) is 0 Å². The SMILES string of the molecule is CC(C)(C)OC(=O)NCC(=O)NP(=O)(OCCCCCCNC(=O)OCc1ccccc1)OC[C@H]1O[C@@H](n2cnc3c(N)ncnc32)[C@@H]2OC(C)(C)O[C@@H]21. The van der Waals surface area contributed by atoms with E-state index in [2.05, 4.69) is 30.7 Å². The summed E-state index contributed by atoms with van der Waals surface area (Å²) in [5.41, 5.74) is 6.89. The van der Waals surface area contributed by atoms with Crippen molar-refractivity contribution in [1.29, 1.82) is 0 Å². The van der Waals surface area contributed by atoms with Crippen molar-refractivity contribution in [2.75, 3.05) is 32.0 Å². The van der Waals surface area contributed by atoms with Crippen LogP contribution >= 0.6 is 7.75 Å². The minimum absolute atomic E-state index is 0.0292. The second-order valence-corrected chi connectivity index (χ2v) is 15.9. The monoisotopic (exact) mass is 776 g/mol. The maximum atomic E-state index is 14.0. The number of benzene rings is 1. The third-order valence-corrected chi connectivity index (χ3v) is 9.60. The van der Waals surface area contributed by atoms with Gasteiger partial charge in [-0.05, 0) is 53.0 Å². The molecule has 4 heterocycles. The van der Waals surface area contributed by atoms with Gasteiger partial charge in [-0.25, -0.2) is 29.1 Å². The van der Waals surface area contributed by atoms with E-state index in [-0.39, 0.29) is 25.6 Å². The molecule has 19 nitrogen and oxygen atoms in total. The van der Waals surface area contributed by atoms with Gasteiger partial charge in [0.15, 0.2) is 23.5 Å². The van der Waals surface area contributed by atoms with Gasteiger partial charge in [0.1, 0.15) is 48.9 Å². The van der Waals surface area contributed by atoms with Gasteiger partial charge in [0.2, 0.25) is 5.91 Å². The topological polar surface area (TPSA) is 239 Å². The molecule has 2 aromatic heterocycles. The van der Waals surface area contributed by atoms with Gasteiger partial charge in [-0.3, -0.25) is 23.5 Å². The quantitative estimate of drug-likeness (QED) is 0.112. The van der Waals surface area contributed by atoms with Crippen molar-refractivity contribution in [3.8, 4) is 0 Å². The molecule has 20 heteroatoms. The van der Waals surface area contributed by atoms with Crippen LogP contribution in [-0.4, -0.2) is 93.6 Å². The van der Waals surface area contributed by atoms with Gasteiger partial charge in [-0.1, -0.05) is 43.2 Å². The fraction of sp³-hybridized carbons (Fsp3) is 0.588. The molecule has 3 amide bonds. The second kappa shape index (κ2) is 17.8. The molecule has 0 aliphatic carbocycles. The molecule has 2 aliphatic rings. The summed E-state index contributed by atoms with van der Waals surface area (Å²) >= 11 is 0. The van der Waals surface area contributed by atoms with Crippen LogP contribution in [0.15, 0.2) is 43.0 Å². The summed E-state index contributed by atoms with van der Waals surface area (Å²) in [6.07, 6.45) is 1.09. The molecule has 0 radical (unpaired) electrons. The van der Waals surface area contributed by atoms with Crippen LogP contribution in [0.3, 0.4) is 0 Å².